The van der Waals surface area contributed by atoms with Crippen molar-refractivity contribution in [2.75, 3.05) is 0 Å². The molecular weight excluding hydrogens is 181 g/mol. The molecule has 0 aliphatic rings. The van der Waals surface area contributed by atoms with Crippen LogP contribution in [0.1, 0.15) is 20.8 Å². The van der Waals surface area contributed by atoms with E-state index in [1.165, 1.54) is 18.3 Å². The number of ether oxygens (including phenoxy) is 1. The maximum Gasteiger partial charge on any atom is 0.488 e. The van der Waals surface area contributed by atoms with Crippen LogP contribution in [0.3, 0.4) is 0 Å². The van der Waals surface area contributed by atoms with Gasteiger partial charge in [-0.25, -0.2) is 4.98 Å². The summed E-state index contributed by atoms with van der Waals surface area (Å²) >= 11 is 0. The first-order valence-electron chi connectivity index (χ1n) is 4.39. The second-order valence-corrected chi connectivity index (χ2v) is 4.02. The Bertz CT molecular complexity index is 309. The van der Waals surface area contributed by atoms with Crippen molar-refractivity contribution in [3.63, 3.8) is 0 Å². The monoisotopic (exact) mass is 195 g/mol. The second-order valence-electron chi connectivity index (χ2n) is 4.02. The number of nitrogens with zero attached hydrogens (tertiary/aromatic N) is 1. The summed E-state index contributed by atoms with van der Waals surface area (Å²) < 4.78 is 5.46. The molecule has 76 valence electrons. The lowest BCUT2D eigenvalue weighted by Crippen LogP contribution is -2.31. The van der Waals surface area contributed by atoms with Gasteiger partial charge >= 0.3 is 7.12 Å². The first-order valence-corrected chi connectivity index (χ1v) is 4.39. The summed E-state index contributed by atoms with van der Waals surface area (Å²) in [4.78, 5) is 3.96. The summed E-state index contributed by atoms with van der Waals surface area (Å²) in [7, 11) is -1.49. The SMILES string of the molecule is CC(C)(C)Oc1cc(B(O)O)ccn1. The number of aromatic nitrogens is 1. The van der Waals surface area contributed by atoms with E-state index in [4.69, 9.17) is 14.8 Å². The minimum absolute atomic E-state index is 0.341. The van der Waals surface area contributed by atoms with Gasteiger partial charge in [0, 0.05) is 12.3 Å². The van der Waals surface area contributed by atoms with Crippen LogP contribution < -0.4 is 10.2 Å². The summed E-state index contributed by atoms with van der Waals surface area (Å²) in [6.07, 6.45) is 1.48. The molecule has 14 heavy (non-hydrogen) atoms. The second kappa shape index (κ2) is 3.98. The highest BCUT2D eigenvalue weighted by Gasteiger charge is 2.16. The largest absolute Gasteiger partial charge is 0.488 e. The maximum atomic E-state index is 8.92. The van der Waals surface area contributed by atoms with Crippen molar-refractivity contribution in [1.29, 1.82) is 0 Å². The molecule has 0 atom stereocenters. The van der Waals surface area contributed by atoms with Crippen molar-refractivity contribution in [2.45, 2.75) is 26.4 Å². The van der Waals surface area contributed by atoms with Gasteiger partial charge in [0.05, 0.1) is 0 Å². The lowest BCUT2D eigenvalue weighted by atomic mass is 9.81. The third kappa shape index (κ3) is 3.36. The summed E-state index contributed by atoms with van der Waals surface area (Å²) in [6.45, 7) is 5.70. The quantitative estimate of drug-likeness (QED) is 0.649. The lowest BCUT2D eigenvalue weighted by Gasteiger charge is -2.20. The van der Waals surface area contributed by atoms with Gasteiger partial charge in [0.25, 0.3) is 0 Å². The predicted octanol–water partition coefficient (Wildman–Crippen LogP) is -0.0613. The number of pyridine rings is 1. The Morgan fingerprint density at radius 1 is 1.36 bits per heavy atom. The van der Waals surface area contributed by atoms with Gasteiger partial charge in [0.15, 0.2) is 0 Å². The Labute approximate surface area is 83.7 Å². The van der Waals surface area contributed by atoms with Crippen LogP contribution in [0.25, 0.3) is 0 Å². The van der Waals surface area contributed by atoms with E-state index >= 15 is 0 Å². The van der Waals surface area contributed by atoms with Crippen LogP contribution in [0.5, 0.6) is 5.88 Å². The van der Waals surface area contributed by atoms with Gasteiger partial charge in [-0.2, -0.15) is 0 Å². The highest BCUT2D eigenvalue weighted by Crippen LogP contribution is 2.12. The number of hydrogen-bond acceptors (Lipinski definition) is 4. The van der Waals surface area contributed by atoms with Gasteiger partial charge in [-0.1, -0.05) is 0 Å². The normalized spacial score (nSPS) is 11.2. The Kier molecular flexibility index (Phi) is 3.13. The predicted molar refractivity (Wildman–Crippen MR) is 54.4 cm³/mol. The van der Waals surface area contributed by atoms with E-state index < -0.39 is 7.12 Å². The molecule has 1 heterocycles. The first-order chi connectivity index (χ1) is 6.38. The van der Waals surface area contributed by atoms with E-state index in [1.54, 1.807) is 0 Å². The molecule has 1 rings (SSSR count). The molecule has 0 aliphatic carbocycles. The van der Waals surface area contributed by atoms with Crippen LogP contribution in [0.2, 0.25) is 0 Å². The fraction of sp³-hybridized carbons (Fsp3) is 0.444. The molecule has 0 fully saturated rings. The number of hydrogen-bond donors (Lipinski definition) is 2. The lowest BCUT2D eigenvalue weighted by molar-refractivity contribution is 0.124. The van der Waals surface area contributed by atoms with Gasteiger partial charge < -0.3 is 14.8 Å². The van der Waals surface area contributed by atoms with Gasteiger partial charge in [0.2, 0.25) is 5.88 Å². The van der Waals surface area contributed by atoms with Crippen molar-refractivity contribution in [1.82, 2.24) is 4.98 Å². The Balaban J connectivity index is 2.84. The average molecular weight is 195 g/mol. The number of rotatable bonds is 2. The zero-order valence-corrected chi connectivity index (χ0v) is 8.56. The van der Waals surface area contributed by atoms with E-state index in [9.17, 15) is 0 Å². The van der Waals surface area contributed by atoms with E-state index in [1.807, 2.05) is 20.8 Å². The zero-order valence-electron chi connectivity index (χ0n) is 8.56. The van der Waals surface area contributed by atoms with Crippen LogP contribution in [-0.4, -0.2) is 27.8 Å². The molecule has 4 nitrogen and oxygen atoms in total. The maximum absolute atomic E-state index is 8.92. The summed E-state index contributed by atoms with van der Waals surface area (Å²) in [5, 5.41) is 17.8. The molecule has 0 spiro atoms. The summed E-state index contributed by atoms with van der Waals surface area (Å²) in [5.41, 5.74) is 0.0331. The molecule has 1 aromatic rings. The topological polar surface area (TPSA) is 62.6 Å². The van der Waals surface area contributed by atoms with Gasteiger partial charge in [-0.05, 0) is 32.3 Å². The molecule has 0 amide bonds. The fourth-order valence-electron chi connectivity index (χ4n) is 0.955. The summed E-state index contributed by atoms with van der Waals surface area (Å²) in [5.74, 6) is 0.392. The van der Waals surface area contributed by atoms with Gasteiger partial charge in [-0.3, -0.25) is 0 Å². The van der Waals surface area contributed by atoms with Crippen molar-refractivity contribution in [2.24, 2.45) is 0 Å². The average Bonchev–Trinajstić information content (AvgIpc) is 2.01. The Morgan fingerprint density at radius 2 is 2.00 bits per heavy atom. The van der Waals surface area contributed by atoms with Crippen molar-refractivity contribution in [3.8, 4) is 5.88 Å². The molecule has 0 aliphatic heterocycles. The molecule has 0 radical (unpaired) electrons. The van der Waals surface area contributed by atoms with Crippen molar-refractivity contribution >= 4 is 12.6 Å². The van der Waals surface area contributed by atoms with Crippen LogP contribution in [-0.2, 0) is 0 Å². The van der Waals surface area contributed by atoms with Crippen LogP contribution >= 0.6 is 0 Å². The molecule has 0 bridgehead atoms. The smallest absolute Gasteiger partial charge is 0.472 e. The summed E-state index contributed by atoms with van der Waals surface area (Å²) in [6, 6.07) is 3.04. The highest BCUT2D eigenvalue weighted by atomic mass is 16.5. The molecule has 0 aromatic carbocycles. The molecule has 0 saturated heterocycles. The molecule has 0 saturated carbocycles. The van der Waals surface area contributed by atoms with E-state index in [2.05, 4.69) is 4.98 Å². The van der Waals surface area contributed by atoms with Crippen LogP contribution in [0.4, 0.5) is 0 Å². The molecule has 1 aromatic heterocycles. The van der Waals surface area contributed by atoms with Crippen LogP contribution in [0.15, 0.2) is 18.3 Å². The van der Waals surface area contributed by atoms with E-state index in [0.717, 1.165) is 0 Å². The van der Waals surface area contributed by atoms with Crippen molar-refractivity contribution in [3.05, 3.63) is 18.3 Å². The van der Waals surface area contributed by atoms with E-state index in [0.29, 0.717) is 11.3 Å². The molecule has 5 heteroatoms. The zero-order chi connectivity index (χ0) is 10.8. The minimum atomic E-state index is -1.49. The molecule has 2 N–H and O–H groups in total. The Hall–Kier alpha value is -1.07. The fourth-order valence-corrected chi connectivity index (χ4v) is 0.955. The van der Waals surface area contributed by atoms with Gasteiger partial charge in [-0.15, -0.1) is 0 Å². The Morgan fingerprint density at radius 3 is 2.50 bits per heavy atom. The first kappa shape index (κ1) is 11.0. The van der Waals surface area contributed by atoms with Crippen LogP contribution in [0, 0.1) is 0 Å². The standard InChI is InChI=1S/C9H14BNO3/c1-9(2,3)14-8-6-7(10(12)13)4-5-11-8/h4-6,12-13H,1-3H3. The minimum Gasteiger partial charge on any atom is -0.472 e. The van der Waals surface area contributed by atoms with E-state index in [-0.39, 0.29) is 5.60 Å². The molecule has 0 unspecified atom stereocenters. The highest BCUT2D eigenvalue weighted by molar-refractivity contribution is 6.58. The van der Waals surface area contributed by atoms with Crippen molar-refractivity contribution < 1.29 is 14.8 Å². The van der Waals surface area contributed by atoms with Gasteiger partial charge in [0.1, 0.15) is 5.60 Å². The third-order valence-corrected chi connectivity index (χ3v) is 1.47. The third-order valence-electron chi connectivity index (χ3n) is 1.47. The molecular formula is C9H14BNO3.